The fourth-order valence-electron chi connectivity index (χ4n) is 1.92. The van der Waals surface area contributed by atoms with E-state index in [0.717, 1.165) is 5.75 Å². The summed E-state index contributed by atoms with van der Waals surface area (Å²) >= 11 is 4.05. The van der Waals surface area contributed by atoms with E-state index < -0.39 is 0 Å². The number of hydrogen-bond donors (Lipinski definition) is 1. The standard InChI is InChI=1S/C12H8.C5H12S/c1-2-4-9(5-3-1)10-6-11-8-12(11)7-10;1-2-3-4-5-6/h1-8H;6H,2-5H2,1H3. The average Bonchev–Trinajstić information content (AvgIpc) is 3.05. The number of hydrogen-bond acceptors (Lipinski definition) is 1. The van der Waals surface area contributed by atoms with E-state index in [1.54, 1.807) is 0 Å². The maximum absolute atomic E-state index is 4.05. The number of unbranched alkanes of at least 4 members (excludes halogenated alkanes) is 2. The lowest BCUT2D eigenvalue weighted by Crippen LogP contribution is -1.70. The first-order valence-electron chi connectivity index (χ1n) is 6.67. The second kappa shape index (κ2) is 6.65. The number of fused-ring (bicyclic) bond motifs is 1. The summed E-state index contributed by atoms with van der Waals surface area (Å²) in [7, 11) is 0. The quantitative estimate of drug-likeness (QED) is 0.466. The average molecular weight is 256 g/mol. The van der Waals surface area contributed by atoms with Gasteiger partial charge in [0.05, 0.1) is 0 Å². The molecule has 0 amide bonds. The van der Waals surface area contributed by atoms with Gasteiger partial charge < -0.3 is 0 Å². The Labute approximate surface area is 115 Å². The van der Waals surface area contributed by atoms with Gasteiger partial charge in [-0.05, 0) is 52.6 Å². The molecule has 0 fully saturated rings. The lowest BCUT2D eigenvalue weighted by atomic mass is 10.1. The van der Waals surface area contributed by atoms with Gasteiger partial charge in [0, 0.05) is 0 Å². The van der Waals surface area contributed by atoms with Crippen LogP contribution in [0.3, 0.4) is 0 Å². The summed E-state index contributed by atoms with van der Waals surface area (Å²) in [6, 6.07) is 17.2. The maximum Gasteiger partial charge on any atom is -0.00979 e. The highest BCUT2D eigenvalue weighted by Crippen LogP contribution is 2.40. The van der Waals surface area contributed by atoms with E-state index in [1.807, 2.05) is 6.07 Å². The largest absolute Gasteiger partial charge is 0.179 e. The van der Waals surface area contributed by atoms with Gasteiger partial charge in [-0.25, -0.2) is 0 Å². The summed E-state index contributed by atoms with van der Waals surface area (Å²) in [6.45, 7) is 2.20. The highest BCUT2D eigenvalue weighted by molar-refractivity contribution is 7.80. The van der Waals surface area contributed by atoms with Crippen LogP contribution in [0, 0.1) is 0 Å². The molecule has 0 aromatic heterocycles. The Hall–Kier alpha value is -1.21. The van der Waals surface area contributed by atoms with E-state index in [4.69, 9.17) is 0 Å². The van der Waals surface area contributed by atoms with Gasteiger partial charge in [0.25, 0.3) is 0 Å². The van der Waals surface area contributed by atoms with Crippen LogP contribution < -0.4 is 0 Å². The summed E-state index contributed by atoms with van der Waals surface area (Å²) in [6.07, 6.45) is 3.92. The molecule has 18 heavy (non-hydrogen) atoms. The molecule has 0 heterocycles. The second-order valence-electron chi connectivity index (χ2n) is 4.60. The van der Waals surface area contributed by atoms with Crippen molar-refractivity contribution in [3.05, 3.63) is 48.5 Å². The number of thiol groups is 1. The third kappa shape index (κ3) is 3.64. The molecule has 0 aliphatic heterocycles. The van der Waals surface area contributed by atoms with Gasteiger partial charge in [0.1, 0.15) is 0 Å². The zero-order chi connectivity index (χ0) is 12.8. The zero-order valence-corrected chi connectivity index (χ0v) is 11.8. The molecule has 3 rings (SSSR count). The van der Waals surface area contributed by atoms with Crippen LogP contribution in [0.2, 0.25) is 0 Å². The topological polar surface area (TPSA) is 0 Å². The SMILES string of the molecule is CCCCCS.c1ccc(-c2cc3cc-3c2)cc1. The normalized spacial score (nSPS) is 10.6. The monoisotopic (exact) mass is 256 g/mol. The molecule has 2 aliphatic carbocycles. The third-order valence-corrected chi connectivity index (χ3v) is 3.37. The van der Waals surface area contributed by atoms with Crippen LogP contribution in [0.15, 0.2) is 48.5 Å². The van der Waals surface area contributed by atoms with Crippen molar-refractivity contribution in [2.24, 2.45) is 0 Å². The van der Waals surface area contributed by atoms with Crippen molar-refractivity contribution in [2.45, 2.75) is 26.2 Å². The third-order valence-electron chi connectivity index (χ3n) is 3.05. The van der Waals surface area contributed by atoms with Crippen molar-refractivity contribution in [3.63, 3.8) is 0 Å². The van der Waals surface area contributed by atoms with Gasteiger partial charge in [-0.1, -0.05) is 50.1 Å². The Bertz CT molecular complexity index is 464. The Morgan fingerprint density at radius 1 is 0.778 bits per heavy atom. The minimum atomic E-state index is 1.05. The molecular formula is C17H20S. The number of benzene rings is 2. The summed E-state index contributed by atoms with van der Waals surface area (Å²) in [4.78, 5) is 0. The van der Waals surface area contributed by atoms with Crippen molar-refractivity contribution >= 4 is 12.6 Å². The molecule has 0 saturated heterocycles. The Balaban J connectivity index is 0.000000174. The van der Waals surface area contributed by atoms with E-state index in [9.17, 15) is 0 Å². The van der Waals surface area contributed by atoms with Crippen molar-refractivity contribution in [2.75, 3.05) is 5.75 Å². The first kappa shape index (κ1) is 13.2. The van der Waals surface area contributed by atoms with Gasteiger partial charge in [-0.3, -0.25) is 0 Å². The molecular weight excluding hydrogens is 236 g/mol. The highest BCUT2D eigenvalue weighted by atomic mass is 32.1. The second-order valence-corrected chi connectivity index (χ2v) is 5.04. The van der Waals surface area contributed by atoms with Crippen molar-refractivity contribution in [1.82, 2.24) is 0 Å². The first-order valence-corrected chi connectivity index (χ1v) is 7.30. The molecule has 0 saturated carbocycles. The lowest BCUT2D eigenvalue weighted by molar-refractivity contribution is 0.780. The molecule has 0 radical (unpaired) electrons. The minimum Gasteiger partial charge on any atom is -0.179 e. The molecule has 0 bridgehead atoms. The van der Waals surface area contributed by atoms with Crippen LogP contribution in [0.5, 0.6) is 0 Å². The van der Waals surface area contributed by atoms with Crippen molar-refractivity contribution in [3.8, 4) is 22.3 Å². The molecule has 0 atom stereocenters. The predicted octanol–water partition coefficient (Wildman–Crippen LogP) is 5.44. The van der Waals surface area contributed by atoms with Crippen molar-refractivity contribution < 1.29 is 0 Å². The van der Waals surface area contributed by atoms with Gasteiger partial charge in [-0.2, -0.15) is 12.6 Å². The van der Waals surface area contributed by atoms with Crippen LogP contribution in [-0.2, 0) is 0 Å². The first-order chi connectivity index (χ1) is 8.85. The molecule has 0 spiro atoms. The van der Waals surface area contributed by atoms with E-state index in [2.05, 4.69) is 62.0 Å². The molecule has 0 N–H and O–H groups in total. The van der Waals surface area contributed by atoms with Crippen LogP contribution in [0.25, 0.3) is 22.3 Å². The van der Waals surface area contributed by atoms with Gasteiger partial charge in [0.15, 0.2) is 0 Å². The predicted molar refractivity (Wildman–Crippen MR) is 84.3 cm³/mol. The fraction of sp³-hybridized carbons (Fsp3) is 0.294. The van der Waals surface area contributed by atoms with E-state index in [-0.39, 0.29) is 0 Å². The Morgan fingerprint density at radius 2 is 1.33 bits per heavy atom. The molecule has 94 valence electrons. The molecule has 1 aromatic carbocycles. The number of rotatable bonds is 4. The van der Waals surface area contributed by atoms with Gasteiger partial charge in [-0.15, -0.1) is 0 Å². The summed E-state index contributed by atoms with van der Waals surface area (Å²) in [5, 5.41) is 0. The van der Waals surface area contributed by atoms with E-state index in [1.165, 1.54) is 41.5 Å². The summed E-state index contributed by atoms with van der Waals surface area (Å²) in [5.41, 5.74) is 5.49. The molecule has 1 aromatic rings. The van der Waals surface area contributed by atoms with Crippen LogP contribution in [0.1, 0.15) is 26.2 Å². The van der Waals surface area contributed by atoms with Crippen LogP contribution in [-0.4, -0.2) is 5.75 Å². The van der Waals surface area contributed by atoms with E-state index in [0.29, 0.717) is 0 Å². The van der Waals surface area contributed by atoms with Crippen LogP contribution in [0.4, 0.5) is 0 Å². The summed E-state index contributed by atoms with van der Waals surface area (Å²) < 4.78 is 0. The smallest absolute Gasteiger partial charge is 0.00979 e. The molecule has 0 nitrogen and oxygen atoms in total. The Kier molecular flexibility index (Phi) is 4.89. The van der Waals surface area contributed by atoms with Crippen LogP contribution >= 0.6 is 12.6 Å². The summed E-state index contributed by atoms with van der Waals surface area (Å²) in [5.74, 6) is 1.05. The fourth-order valence-corrected chi connectivity index (χ4v) is 2.14. The van der Waals surface area contributed by atoms with Gasteiger partial charge in [0.2, 0.25) is 0 Å². The molecule has 1 heteroatoms. The highest BCUT2D eigenvalue weighted by Gasteiger charge is 2.14. The maximum atomic E-state index is 4.05. The zero-order valence-electron chi connectivity index (χ0n) is 10.9. The molecule has 0 unspecified atom stereocenters. The molecule has 2 aliphatic rings. The van der Waals surface area contributed by atoms with Gasteiger partial charge >= 0.3 is 0 Å². The lowest BCUT2D eigenvalue weighted by Gasteiger charge is -1.94. The van der Waals surface area contributed by atoms with Crippen molar-refractivity contribution in [1.29, 1.82) is 0 Å². The Morgan fingerprint density at radius 3 is 1.78 bits per heavy atom. The minimum absolute atomic E-state index is 1.05. The van der Waals surface area contributed by atoms with E-state index >= 15 is 0 Å².